The normalized spacial score (nSPS) is 22.5. The highest BCUT2D eigenvalue weighted by molar-refractivity contribution is 5.86. The SMILES string of the molecule is CCCN(CC1CC1)CC(NCC)(C(N)=O)C1CC1. The summed E-state index contributed by atoms with van der Waals surface area (Å²) in [7, 11) is 0. The molecule has 1 unspecified atom stereocenters. The molecule has 0 aromatic rings. The van der Waals surface area contributed by atoms with Crippen LogP contribution in [0.15, 0.2) is 0 Å². The largest absolute Gasteiger partial charge is 0.368 e. The summed E-state index contributed by atoms with van der Waals surface area (Å²) in [6.07, 6.45) is 6.12. The number of hydrogen-bond acceptors (Lipinski definition) is 3. The standard InChI is InChI=1S/C15H29N3O/c1-3-9-18(10-12-5-6-12)11-15(14(16)19,17-4-2)13-7-8-13/h12-13,17H,3-11H2,1-2H3,(H2,16,19). The summed E-state index contributed by atoms with van der Waals surface area (Å²) in [6.45, 7) is 8.08. The molecule has 110 valence electrons. The van der Waals surface area contributed by atoms with Gasteiger partial charge in [-0.25, -0.2) is 0 Å². The van der Waals surface area contributed by atoms with Crippen molar-refractivity contribution in [3.63, 3.8) is 0 Å². The summed E-state index contributed by atoms with van der Waals surface area (Å²) in [5, 5.41) is 3.42. The lowest BCUT2D eigenvalue weighted by Crippen LogP contribution is -2.63. The Labute approximate surface area is 117 Å². The van der Waals surface area contributed by atoms with E-state index in [1.807, 2.05) is 0 Å². The van der Waals surface area contributed by atoms with E-state index < -0.39 is 5.54 Å². The van der Waals surface area contributed by atoms with E-state index in [0.29, 0.717) is 5.92 Å². The first kappa shape index (κ1) is 14.8. The molecule has 1 amide bonds. The highest BCUT2D eigenvalue weighted by Gasteiger charge is 2.50. The number of hydrogen-bond donors (Lipinski definition) is 2. The van der Waals surface area contributed by atoms with Crippen LogP contribution >= 0.6 is 0 Å². The molecule has 0 saturated heterocycles. The molecule has 0 aliphatic heterocycles. The van der Waals surface area contributed by atoms with Crippen molar-refractivity contribution in [3.8, 4) is 0 Å². The summed E-state index contributed by atoms with van der Waals surface area (Å²) in [6, 6.07) is 0. The topological polar surface area (TPSA) is 58.4 Å². The zero-order valence-corrected chi connectivity index (χ0v) is 12.5. The molecular formula is C15H29N3O. The van der Waals surface area contributed by atoms with Crippen LogP contribution in [0.2, 0.25) is 0 Å². The highest BCUT2D eigenvalue weighted by atomic mass is 16.1. The Morgan fingerprint density at radius 2 is 2.00 bits per heavy atom. The van der Waals surface area contributed by atoms with E-state index in [2.05, 4.69) is 24.1 Å². The number of nitrogens with one attached hydrogen (secondary N) is 1. The summed E-state index contributed by atoms with van der Waals surface area (Å²) in [4.78, 5) is 14.5. The molecular weight excluding hydrogens is 238 g/mol. The van der Waals surface area contributed by atoms with Crippen molar-refractivity contribution in [2.45, 2.75) is 51.5 Å². The maximum Gasteiger partial charge on any atom is 0.239 e. The van der Waals surface area contributed by atoms with Crippen molar-refractivity contribution in [3.05, 3.63) is 0 Å². The van der Waals surface area contributed by atoms with Gasteiger partial charge >= 0.3 is 0 Å². The molecule has 2 rings (SSSR count). The van der Waals surface area contributed by atoms with Crippen molar-refractivity contribution in [2.75, 3.05) is 26.2 Å². The average molecular weight is 267 g/mol. The van der Waals surface area contributed by atoms with E-state index in [4.69, 9.17) is 5.73 Å². The van der Waals surface area contributed by atoms with E-state index in [9.17, 15) is 4.79 Å². The van der Waals surface area contributed by atoms with Crippen LogP contribution in [0.5, 0.6) is 0 Å². The lowest BCUT2D eigenvalue weighted by Gasteiger charge is -2.37. The van der Waals surface area contributed by atoms with Crippen molar-refractivity contribution in [1.29, 1.82) is 0 Å². The minimum absolute atomic E-state index is 0.159. The third-order valence-corrected chi connectivity index (χ3v) is 4.43. The van der Waals surface area contributed by atoms with Gasteiger partial charge < -0.3 is 16.0 Å². The predicted octanol–water partition coefficient (Wildman–Crippen LogP) is 1.35. The number of carbonyl (C=O) groups is 1. The monoisotopic (exact) mass is 267 g/mol. The maximum atomic E-state index is 12.1. The van der Waals surface area contributed by atoms with Crippen LogP contribution in [0.3, 0.4) is 0 Å². The molecule has 2 aliphatic carbocycles. The zero-order chi connectivity index (χ0) is 13.9. The van der Waals surface area contributed by atoms with Gasteiger partial charge in [-0.2, -0.15) is 0 Å². The number of likely N-dealkylation sites (N-methyl/N-ethyl adjacent to an activating group) is 1. The number of amides is 1. The lowest BCUT2D eigenvalue weighted by molar-refractivity contribution is -0.126. The van der Waals surface area contributed by atoms with E-state index in [1.54, 1.807) is 0 Å². The Balaban J connectivity index is 2.04. The number of primary amides is 1. The van der Waals surface area contributed by atoms with Gasteiger partial charge in [0, 0.05) is 13.1 Å². The van der Waals surface area contributed by atoms with Crippen LogP contribution < -0.4 is 11.1 Å². The zero-order valence-electron chi connectivity index (χ0n) is 12.5. The molecule has 4 heteroatoms. The summed E-state index contributed by atoms with van der Waals surface area (Å²) in [5.41, 5.74) is 5.27. The molecule has 0 aromatic carbocycles. The van der Waals surface area contributed by atoms with Crippen LogP contribution in [0.25, 0.3) is 0 Å². The Morgan fingerprint density at radius 1 is 1.32 bits per heavy atom. The van der Waals surface area contributed by atoms with E-state index in [1.165, 1.54) is 12.8 Å². The molecule has 0 bridgehead atoms. The lowest BCUT2D eigenvalue weighted by atomic mass is 9.91. The molecule has 0 spiro atoms. The molecule has 2 aliphatic rings. The molecule has 0 aromatic heterocycles. The maximum absolute atomic E-state index is 12.1. The molecule has 2 saturated carbocycles. The van der Waals surface area contributed by atoms with Gasteiger partial charge in [0.25, 0.3) is 0 Å². The minimum Gasteiger partial charge on any atom is -0.368 e. The molecule has 4 nitrogen and oxygen atoms in total. The average Bonchev–Trinajstić information content (AvgIpc) is 3.22. The first-order valence-electron chi connectivity index (χ1n) is 7.89. The highest BCUT2D eigenvalue weighted by Crippen LogP contribution is 2.40. The third-order valence-electron chi connectivity index (χ3n) is 4.43. The second-order valence-corrected chi connectivity index (χ2v) is 6.32. The van der Waals surface area contributed by atoms with Gasteiger partial charge in [-0.1, -0.05) is 13.8 Å². The first-order valence-corrected chi connectivity index (χ1v) is 7.89. The second-order valence-electron chi connectivity index (χ2n) is 6.32. The van der Waals surface area contributed by atoms with Crippen LogP contribution in [-0.2, 0) is 4.79 Å². The summed E-state index contributed by atoms with van der Waals surface area (Å²) >= 11 is 0. The van der Waals surface area contributed by atoms with Crippen molar-refractivity contribution in [1.82, 2.24) is 10.2 Å². The van der Waals surface area contributed by atoms with E-state index in [-0.39, 0.29) is 5.91 Å². The van der Waals surface area contributed by atoms with E-state index >= 15 is 0 Å². The quantitative estimate of drug-likeness (QED) is 0.628. The van der Waals surface area contributed by atoms with Crippen molar-refractivity contribution in [2.24, 2.45) is 17.6 Å². The fraction of sp³-hybridized carbons (Fsp3) is 0.933. The molecule has 0 heterocycles. The number of nitrogens with two attached hydrogens (primary N) is 1. The number of nitrogens with zero attached hydrogens (tertiary/aromatic N) is 1. The van der Waals surface area contributed by atoms with Gasteiger partial charge in [0.05, 0.1) is 0 Å². The number of carbonyl (C=O) groups excluding carboxylic acids is 1. The van der Waals surface area contributed by atoms with Gasteiger partial charge in [0.15, 0.2) is 0 Å². The van der Waals surface area contributed by atoms with Gasteiger partial charge in [-0.3, -0.25) is 4.79 Å². The molecule has 2 fully saturated rings. The van der Waals surface area contributed by atoms with Crippen molar-refractivity contribution < 1.29 is 4.79 Å². The Bertz CT molecular complexity index is 313. The fourth-order valence-electron chi connectivity index (χ4n) is 3.16. The fourth-order valence-corrected chi connectivity index (χ4v) is 3.16. The van der Waals surface area contributed by atoms with E-state index in [0.717, 1.165) is 51.4 Å². The Hall–Kier alpha value is -0.610. The molecule has 0 radical (unpaired) electrons. The Morgan fingerprint density at radius 3 is 2.42 bits per heavy atom. The van der Waals surface area contributed by atoms with Crippen LogP contribution in [0.4, 0.5) is 0 Å². The van der Waals surface area contributed by atoms with Crippen molar-refractivity contribution >= 4 is 5.91 Å². The predicted molar refractivity (Wildman–Crippen MR) is 77.8 cm³/mol. The minimum atomic E-state index is -0.487. The molecule has 3 N–H and O–H groups in total. The number of rotatable bonds is 10. The molecule has 1 atom stereocenters. The van der Waals surface area contributed by atoms with Gasteiger partial charge in [-0.05, 0) is 57.0 Å². The Kier molecular flexibility index (Phi) is 4.85. The summed E-state index contributed by atoms with van der Waals surface area (Å²) < 4.78 is 0. The van der Waals surface area contributed by atoms with Gasteiger partial charge in [-0.15, -0.1) is 0 Å². The summed E-state index contributed by atoms with van der Waals surface area (Å²) in [5.74, 6) is 1.15. The molecule has 19 heavy (non-hydrogen) atoms. The third kappa shape index (κ3) is 3.69. The van der Waals surface area contributed by atoms with Crippen LogP contribution in [-0.4, -0.2) is 42.5 Å². The van der Waals surface area contributed by atoms with Crippen LogP contribution in [0, 0.1) is 11.8 Å². The second kappa shape index (κ2) is 6.23. The first-order chi connectivity index (χ1) is 9.12. The van der Waals surface area contributed by atoms with Gasteiger partial charge in [0.1, 0.15) is 5.54 Å². The smallest absolute Gasteiger partial charge is 0.239 e. The van der Waals surface area contributed by atoms with Gasteiger partial charge in [0.2, 0.25) is 5.91 Å². The van der Waals surface area contributed by atoms with Crippen LogP contribution in [0.1, 0.15) is 46.0 Å².